The van der Waals surface area contributed by atoms with Crippen LogP contribution in [-0.4, -0.2) is 19.5 Å². The number of pyridine rings is 2. The summed E-state index contributed by atoms with van der Waals surface area (Å²) in [5.74, 6) is 0.565. The predicted molar refractivity (Wildman–Crippen MR) is 144 cm³/mol. The molecule has 0 aliphatic rings. The second-order valence-electron chi connectivity index (χ2n) is 8.99. The summed E-state index contributed by atoms with van der Waals surface area (Å²) in [6.45, 7) is 1.14. The summed E-state index contributed by atoms with van der Waals surface area (Å²) >= 11 is 0. The van der Waals surface area contributed by atoms with Gasteiger partial charge >= 0.3 is 0 Å². The molecule has 0 bridgehead atoms. The van der Waals surface area contributed by atoms with Crippen LogP contribution in [0.2, 0.25) is 0 Å². The summed E-state index contributed by atoms with van der Waals surface area (Å²) in [6.07, 6.45) is 3.70. The number of hydrogen-bond donors (Lipinski definition) is 2. The number of hydrogen-bond acceptors (Lipinski definition) is 3. The molecule has 36 heavy (non-hydrogen) atoms. The molecule has 6 heteroatoms. The van der Waals surface area contributed by atoms with E-state index in [9.17, 15) is 4.39 Å². The molecule has 4 heterocycles. The predicted octanol–water partition coefficient (Wildman–Crippen LogP) is 7.02. The van der Waals surface area contributed by atoms with E-state index in [0.717, 1.165) is 49.9 Å². The van der Waals surface area contributed by atoms with E-state index < -0.39 is 0 Å². The molecule has 0 aliphatic heterocycles. The van der Waals surface area contributed by atoms with Gasteiger partial charge < -0.3 is 14.9 Å². The van der Waals surface area contributed by atoms with Gasteiger partial charge in [-0.2, -0.15) is 0 Å². The van der Waals surface area contributed by atoms with Crippen molar-refractivity contribution in [1.29, 1.82) is 0 Å². The Kier molecular flexibility index (Phi) is 4.70. The van der Waals surface area contributed by atoms with Crippen LogP contribution in [-0.2, 0) is 13.1 Å². The lowest BCUT2D eigenvalue weighted by Gasteiger charge is -2.12. The molecule has 0 radical (unpaired) electrons. The number of para-hydroxylation sites is 2. The van der Waals surface area contributed by atoms with E-state index in [4.69, 9.17) is 4.98 Å². The van der Waals surface area contributed by atoms with Gasteiger partial charge in [-0.3, -0.25) is 4.98 Å². The summed E-state index contributed by atoms with van der Waals surface area (Å²) in [5.41, 5.74) is 6.23. The quantitative estimate of drug-likeness (QED) is 0.284. The molecule has 0 saturated carbocycles. The van der Waals surface area contributed by atoms with Crippen molar-refractivity contribution < 1.29 is 4.39 Å². The number of benzene rings is 3. The maximum Gasteiger partial charge on any atom is 0.150 e. The summed E-state index contributed by atoms with van der Waals surface area (Å²) in [6, 6.07) is 27.5. The van der Waals surface area contributed by atoms with E-state index in [0.29, 0.717) is 13.1 Å². The van der Waals surface area contributed by atoms with Gasteiger partial charge in [0, 0.05) is 51.5 Å². The first-order chi connectivity index (χ1) is 17.8. The van der Waals surface area contributed by atoms with Gasteiger partial charge in [0.25, 0.3) is 0 Å². The fourth-order valence-electron chi connectivity index (χ4n) is 5.21. The Morgan fingerprint density at radius 1 is 0.750 bits per heavy atom. The van der Waals surface area contributed by atoms with Gasteiger partial charge in [-0.1, -0.05) is 48.5 Å². The summed E-state index contributed by atoms with van der Waals surface area (Å²) < 4.78 is 15.8. The topological polar surface area (TPSA) is 58.5 Å². The smallest absolute Gasteiger partial charge is 0.150 e. The van der Waals surface area contributed by atoms with E-state index in [2.05, 4.69) is 56.3 Å². The Morgan fingerprint density at radius 3 is 2.39 bits per heavy atom. The summed E-state index contributed by atoms with van der Waals surface area (Å²) in [4.78, 5) is 12.9. The van der Waals surface area contributed by atoms with Crippen molar-refractivity contribution in [2.75, 3.05) is 5.32 Å². The van der Waals surface area contributed by atoms with Crippen molar-refractivity contribution in [3.05, 3.63) is 114 Å². The van der Waals surface area contributed by atoms with E-state index in [1.165, 1.54) is 22.9 Å². The lowest BCUT2D eigenvalue weighted by atomic mass is 10.1. The van der Waals surface area contributed by atoms with Crippen LogP contribution in [0.25, 0.3) is 43.6 Å². The van der Waals surface area contributed by atoms with Crippen LogP contribution in [0.5, 0.6) is 0 Å². The number of fused-ring (bicyclic) bond motifs is 6. The molecule has 0 saturated heterocycles. The average molecular weight is 472 g/mol. The van der Waals surface area contributed by atoms with Gasteiger partial charge in [0.15, 0.2) is 5.82 Å². The van der Waals surface area contributed by atoms with Crippen molar-refractivity contribution in [3.63, 3.8) is 0 Å². The van der Waals surface area contributed by atoms with E-state index in [1.807, 2.05) is 48.8 Å². The summed E-state index contributed by atoms with van der Waals surface area (Å²) in [7, 11) is 0. The minimum atomic E-state index is -0.230. The highest BCUT2D eigenvalue weighted by molar-refractivity contribution is 6.11. The largest absolute Gasteiger partial charge is 0.363 e. The third kappa shape index (κ3) is 3.30. The minimum Gasteiger partial charge on any atom is -0.363 e. The third-order valence-electron chi connectivity index (χ3n) is 6.86. The Hall–Kier alpha value is -4.71. The standard InChI is InChI=1S/C30H22FN5/c31-20-11-9-19(10-12-20)18-36-27-8-4-2-6-22(27)24-14-15-32-26(29(24)36)17-34-30-28-23(13-16-33-30)21-5-1-3-7-25(21)35-28/h1-16,35H,17-18H2,(H,33,34). The molecule has 4 aromatic heterocycles. The van der Waals surface area contributed by atoms with Gasteiger partial charge in [0.2, 0.25) is 0 Å². The normalized spacial score (nSPS) is 11.7. The van der Waals surface area contributed by atoms with E-state index >= 15 is 0 Å². The van der Waals surface area contributed by atoms with Crippen LogP contribution >= 0.6 is 0 Å². The number of anilines is 1. The number of aromatic amines is 1. The van der Waals surface area contributed by atoms with Crippen molar-refractivity contribution >= 4 is 49.4 Å². The average Bonchev–Trinajstić information content (AvgIpc) is 3.46. The van der Waals surface area contributed by atoms with Crippen LogP contribution in [0, 0.1) is 5.82 Å². The molecule has 0 aliphatic carbocycles. The number of nitrogens with zero attached hydrogens (tertiary/aromatic N) is 3. The second-order valence-corrected chi connectivity index (χ2v) is 8.99. The third-order valence-corrected chi connectivity index (χ3v) is 6.86. The van der Waals surface area contributed by atoms with Crippen LogP contribution in [0.4, 0.5) is 10.2 Å². The Morgan fingerprint density at radius 2 is 1.50 bits per heavy atom. The van der Waals surface area contributed by atoms with Crippen LogP contribution in [0.1, 0.15) is 11.3 Å². The minimum absolute atomic E-state index is 0.230. The first-order valence-corrected chi connectivity index (χ1v) is 11.9. The number of nitrogens with one attached hydrogen (secondary N) is 2. The van der Waals surface area contributed by atoms with Gasteiger partial charge in [-0.15, -0.1) is 0 Å². The van der Waals surface area contributed by atoms with E-state index in [1.54, 1.807) is 0 Å². The highest BCUT2D eigenvalue weighted by Crippen LogP contribution is 2.32. The summed E-state index contributed by atoms with van der Waals surface area (Å²) in [5, 5.41) is 8.17. The van der Waals surface area contributed by atoms with Crippen LogP contribution in [0.3, 0.4) is 0 Å². The van der Waals surface area contributed by atoms with Gasteiger partial charge in [0.05, 0.1) is 23.3 Å². The van der Waals surface area contributed by atoms with Gasteiger partial charge in [0.1, 0.15) is 5.82 Å². The van der Waals surface area contributed by atoms with Gasteiger partial charge in [-0.05, 0) is 42.0 Å². The number of halogens is 1. The fourth-order valence-corrected chi connectivity index (χ4v) is 5.21. The molecule has 0 amide bonds. The molecule has 174 valence electrons. The highest BCUT2D eigenvalue weighted by atomic mass is 19.1. The molecular formula is C30H22FN5. The first kappa shape index (κ1) is 20.6. The molecule has 7 rings (SSSR count). The maximum absolute atomic E-state index is 13.5. The zero-order valence-electron chi connectivity index (χ0n) is 19.4. The Balaban J connectivity index is 1.33. The lowest BCUT2D eigenvalue weighted by molar-refractivity contribution is 0.626. The molecule has 0 unspecified atom stereocenters. The number of aromatic nitrogens is 4. The van der Waals surface area contributed by atoms with Crippen molar-refractivity contribution in [3.8, 4) is 0 Å². The highest BCUT2D eigenvalue weighted by Gasteiger charge is 2.16. The van der Waals surface area contributed by atoms with Crippen molar-refractivity contribution in [1.82, 2.24) is 19.5 Å². The zero-order chi connectivity index (χ0) is 24.1. The molecular weight excluding hydrogens is 449 g/mol. The fraction of sp³-hybridized carbons (Fsp3) is 0.0667. The maximum atomic E-state index is 13.5. The Labute approximate surface area is 206 Å². The van der Waals surface area contributed by atoms with E-state index in [-0.39, 0.29) is 5.82 Å². The molecule has 3 aromatic carbocycles. The monoisotopic (exact) mass is 471 g/mol. The van der Waals surface area contributed by atoms with Crippen molar-refractivity contribution in [2.24, 2.45) is 0 Å². The first-order valence-electron chi connectivity index (χ1n) is 11.9. The molecule has 2 N–H and O–H groups in total. The van der Waals surface area contributed by atoms with Crippen LogP contribution < -0.4 is 5.32 Å². The lowest BCUT2D eigenvalue weighted by Crippen LogP contribution is -2.07. The number of rotatable bonds is 5. The molecule has 0 spiro atoms. The second kappa shape index (κ2) is 8.20. The molecule has 5 nitrogen and oxygen atoms in total. The molecule has 0 atom stereocenters. The number of H-pyrrole nitrogens is 1. The zero-order valence-corrected chi connectivity index (χ0v) is 19.4. The SMILES string of the molecule is Fc1ccc(Cn2c3ccccc3c3ccnc(CNc4nccc5c4[nH]c4ccccc45)c32)cc1. The van der Waals surface area contributed by atoms with Crippen LogP contribution in [0.15, 0.2) is 97.3 Å². The molecule has 0 fully saturated rings. The van der Waals surface area contributed by atoms with Crippen molar-refractivity contribution in [2.45, 2.75) is 13.1 Å². The Bertz CT molecular complexity index is 1880. The molecule has 7 aromatic rings. The van der Waals surface area contributed by atoms with Gasteiger partial charge in [-0.25, -0.2) is 9.37 Å².